The molecular weight excluding hydrogens is 238 g/mol. The molecule has 2 heterocycles. The van der Waals surface area contributed by atoms with Crippen LogP contribution < -0.4 is 5.32 Å². The molecule has 2 N–H and O–H groups in total. The smallest absolute Gasteiger partial charge is 0.129 e. The first kappa shape index (κ1) is 12.1. The van der Waals surface area contributed by atoms with Crippen LogP contribution in [0.4, 0.5) is 0 Å². The van der Waals surface area contributed by atoms with Gasteiger partial charge < -0.3 is 10.3 Å². The summed E-state index contributed by atoms with van der Waals surface area (Å²) in [5.74, 6) is 0.840. The first-order chi connectivity index (χ1) is 8.27. The SMILES string of the molecule is CCCn1ncc(Cl)c1C(NC)c1ncc[nH]1. The molecule has 0 spiro atoms. The molecule has 0 bridgehead atoms. The monoisotopic (exact) mass is 253 g/mol. The highest BCUT2D eigenvalue weighted by Gasteiger charge is 2.22. The molecule has 0 saturated carbocycles. The van der Waals surface area contributed by atoms with Gasteiger partial charge in [-0.15, -0.1) is 0 Å². The molecule has 6 heteroatoms. The third-order valence-corrected chi connectivity index (χ3v) is 2.91. The molecule has 1 unspecified atom stereocenters. The molecule has 0 aliphatic heterocycles. The summed E-state index contributed by atoms with van der Waals surface area (Å²) >= 11 is 6.21. The molecule has 2 aromatic rings. The van der Waals surface area contributed by atoms with Gasteiger partial charge in [0, 0.05) is 18.9 Å². The summed E-state index contributed by atoms with van der Waals surface area (Å²) in [6, 6.07) is -0.0634. The summed E-state index contributed by atoms with van der Waals surface area (Å²) in [4.78, 5) is 7.37. The van der Waals surface area contributed by atoms with Gasteiger partial charge in [-0.2, -0.15) is 5.10 Å². The van der Waals surface area contributed by atoms with Crippen molar-refractivity contribution in [1.82, 2.24) is 25.1 Å². The third-order valence-electron chi connectivity index (χ3n) is 2.62. The van der Waals surface area contributed by atoms with E-state index in [0.717, 1.165) is 24.5 Å². The van der Waals surface area contributed by atoms with Crippen LogP contribution in [-0.4, -0.2) is 26.8 Å². The van der Waals surface area contributed by atoms with E-state index in [1.165, 1.54) is 0 Å². The Bertz CT molecular complexity index is 462. The number of halogens is 1. The van der Waals surface area contributed by atoms with Crippen LogP contribution in [0.2, 0.25) is 5.02 Å². The predicted octanol–water partition coefficient (Wildman–Crippen LogP) is 1.98. The number of nitrogens with one attached hydrogen (secondary N) is 2. The number of H-pyrrole nitrogens is 1. The van der Waals surface area contributed by atoms with Crippen molar-refractivity contribution in [2.75, 3.05) is 7.05 Å². The lowest BCUT2D eigenvalue weighted by atomic mass is 10.2. The first-order valence-electron chi connectivity index (χ1n) is 5.65. The van der Waals surface area contributed by atoms with E-state index in [1.807, 2.05) is 11.7 Å². The van der Waals surface area contributed by atoms with Gasteiger partial charge in [-0.1, -0.05) is 18.5 Å². The molecule has 92 valence electrons. The lowest BCUT2D eigenvalue weighted by Gasteiger charge is -2.16. The Morgan fingerprint density at radius 2 is 2.41 bits per heavy atom. The third kappa shape index (κ3) is 2.35. The minimum absolute atomic E-state index is 0.0634. The van der Waals surface area contributed by atoms with Crippen molar-refractivity contribution in [1.29, 1.82) is 0 Å². The Hall–Kier alpha value is -1.33. The van der Waals surface area contributed by atoms with Gasteiger partial charge in [0.1, 0.15) is 11.9 Å². The second-order valence-corrected chi connectivity index (χ2v) is 4.20. The molecule has 0 radical (unpaired) electrons. The van der Waals surface area contributed by atoms with Crippen molar-refractivity contribution >= 4 is 11.6 Å². The van der Waals surface area contributed by atoms with Crippen LogP contribution in [0.5, 0.6) is 0 Å². The van der Waals surface area contributed by atoms with E-state index in [0.29, 0.717) is 5.02 Å². The van der Waals surface area contributed by atoms with Gasteiger partial charge >= 0.3 is 0 Å². The molecule has 5 nitrogen and oxygen atoms in total. The number of aromatic amines is 1. The van der Waals surface area contributed by atoms with Crippen LogP contribution in [0.1, 0.15) is 30.9 Å². The molecule has 0 aliphatic rings. The number of imidazole rings is 1. The van der Waals surface area contributed by atoms with Crippen molar-refractivity contribution in [3.05, 3.63) is 35.1 Å². The minimum atomic E-state index is -0.0634. The molecular formula is C11H16ClN5. The molecule has 2 rings (SSSR count). The predicted molar refractivity (Wildman–Crippen MR) is 67.0 cm³/mol. The van der Waals surface area contributed by atoms with Gasteiger partial charge in [0.15, 0.2) is 0 Å². The number of rotatable bonds is 5. The highest BCUT2D eigenvalue weighted by atomic mass is 35.5. The average molecular weight is 254 g/mol. The van der Waals surface area contributed by atoms with Gasteiger partial charge in [0.05, 0.1) is 16.9 Å². The van der Waals surface area contributed by atoms with Gasteiger partial charge in [-0.05, 0) is 13.5 Å². The second-order valence-electron chi connectivity index (χ2n) is 3.80. The molecule has 0 fully saturated rings. The highest BCUT2D eigenvalue weighted by molar-refractivity contribution is 6.31. The summed E-state index contributed by atoms with van der Waals surface area (Å²) in [5.41, 5.74) is 0.950. The summed E-state index contributed by atoms with van der Waals surface area (Å²) in [6.45, 7) is 2.96. The fraction of sp³-hybridized carbons (Fsp3) is 0.455. The number of nitrogens with zero attached hydrogens (tertiary/aromatic N) is 3. The van der Waals surface area contributed by atoms with Gasteiger partial charge in [0.25, 0.3) is 0 Å². The van der Waals surface area contributed by atoms with Crippen molar-refractivity contribution < 1.29 is 0 Å². The van der Waals surface area contributed by atoms with Crippen LogP contribution in [-0.2, 0) is 6.54 Å². The Morgan fingerprint density at radius 3 is 3.00 bits per heavy atom. The molecule has 1 atom stereocenters. The summed E-state index contributed by atoms with van der Waals surface area (Å²) < 4.78 is 1.92. The largest absolute Gasteiger partial charge is 0.347 e. The molecule has 0 aliphatic carbocycles. The maximum absolute atomic E-state index is 6.21. The quantitative estimate of drug-likeness (QED) is 0.857. The van der Waals surface area contributed by atoms with E-state index in [2.05, 4.69) is 27.3 Å². The van der Waals surface area contributed by atoms with E-state index < -0.39 is 0 Å². The maximum atomic E-state index is 6.21. The fourth-order valence-electron chi connectivity index (χ4n) is 1.89. The Labute approximate surface area is 105 Å². The lowest BCUT2D eigenvalue weighted by Crippen LogP contribution is -2.23. The summed E-state index contributed by atoms with van der Waals surface area (Å²) in [6.07, 6.45) is 6.22. The standard InChI is InChI=1S/C11H16ClN5/c1-3-6-17-10(8(12)7-16-17)9(13-2)11-14-4-5-15-11/h4-5,7,9,13H,3,6H2,1-2H3,(H,14,15). The molecule has 2 aromatic heterocycles. The number of aromatic nitrogens is 4. The molecule has 0 aromatic carbocycles. The van der Waals surface area contributed by atoms with Crippen molar-refractivity contribution in [3.63, 3.8) is 0 Å². The topological polar surface area (TPSA) is 58.5 Å². The van der Waals surface area contributed by atoms with Gasteiger partial charge in [-0.3, -0.25) is 4.68 Å². The number of hydrogen-bond donors (Lipinski definition) is 2. The van der Waals surface area contributed by atoms with Gasteiger partial charge in [-0.25, -0.2) is 4.98 Å². The van der Waals surface area contributed by atoms with E-state index in [1.54, 1.807) is 18.6 Å². The summed E-state index contributed by atoms with van der Waals surface area (Å²) in [7, 11) is 1.88. The minimum Gasteiger partial charge on any atom is -0.347 e. The Kier molecular flexibility index (Phi) is 3.81. The zero-order valence-electron chi connectivity index (χ0n) is 9.94. The van der Waals surface area contributed by atoms with Crippen molar-refractivity contribution in [3.8, 4) is 0 Å². The van der Waals surface area contributed by atoms with Crippen LogP contribution in [0.3, 0.4) is 0 Å². The van der Waals surface area contributed by atoms with E-state index in [-0.39, 0.29) is 6.04 Å². The van der Waals surface area contributed by atoms with E-state index in [9.17, 15) is 0 Å². The van der Waals surface area contributed by atoms with Crippen molar-refractivity contribution in [2.24, 2.45) is 0 Å². The first-order valence-corrected chi connectivity index (χ1v) is 6.03. The van der Waals surface area contributed by atoms with Gasteiger partial charge in [0.2, 0.25) is 0 Å². The Morgan fingerprint density at radius 1 is 1.59 bits per heavy atom. The van der Waals surface area contributed by atoms with Crippen molar-refractivity contribution in [2.45, 2.75) is 25.9 Å². The highest BCUT2D eigenvalue weighted by Crippen LogP contribution is 2.26. The average Bonchev–Trinajstić information content (AvgIpc) is 2.94. The zero-order valence-corrected chi connectivity index (χ0v) is 10.7. The number of hydrogen-bond acceptors (Lipinski definition) is 3. The maximum Gasteiger partial charge on any atom is 0.129 e. The second kappa shape index (κ2) is 5.33. The zero-order chi connectivity index (χ0) is 12.3. The Balaban J connectivity index is 2.39. The van der Waals surface area contributed by atoms with Crippen LogP contribution in [0.15, 0.2) is 18.6 Å². The molecule has 0 amide bonds. The van der Waals surface area contributed by atoms with Crippen LogP contribution in [0.25, 0.3) is 0 Å². The van der Waals surface area contributed by atoms with E-state index >= 15 is 0 Å². The lowest BCUT2D eigenvalue weighted by molar-refractivity contribution is 0.525. The van der Waals surface area contributed by atoms with E-state index in [4.69, 9.17) is 11.6 Å². The summed E-state index contributed by atoms with van der Waals surface area (Å²) in [5, 5.41) is 8.16. The van der Waals surface area contributed by atoms with Crippen LogP contribution in [0, 0.1) is 0 Å². The molecule has 17 heavy (non-hydrogen) atoms. The normalized spacial score (nSPS) is 12.9. The fourth-order valence-corrected chi connectivity index (χ4v) is 2.14. The number of aryl methyl sites for hydroxylation is 1. The molecule has 0 saturated heterocycles. The van der Waals surface area contributed by atoms with Crippen LogP contribution >= 0.6 is 11.6 Å².